The molecule has 142 valence electrons. The Bertz CT molecular complexity index is 1100. The molecule has 1 amide bonds. The Labute approximate surface area is 166 Å². The molecule has 7 heteroatoms. The van der Waals surface area contributed by atoms with Gasteiger partial charge in [-0.2, -0.15) is 0 Å². The second kappa shape index (κ2) is 7.82. The van der Waals surface area contributed by atoms with Crippen LogP contribution in [0, 0.1) is 6.92 Å². The van der Waals surface area contributed by atoms with Crippen molar-refractivity contribution in [3.05, 3.63) is 71.6 Å². The molecule has 4 aromatic rings. The van der Waals surface area contributed by atoms with Gasteiger partial charge in [-0.1, -0.05) is 52.9 Å². The number of nitrogens with zero attached hydrogens (tertiary/aromatic N) is 3. The summed E-state index contributed by atoms with van der Waals surface area (Å²) in [7, 11) is 0. The van der Waals surface area contributed by atoms with Gasteiger partial charge >= 0.3 is 0 Å². The van der Waals surface area contributed by atoms with Gasteiger partial charge in [0.1, 0.15) is 11.3 Å². The molecule has 2 heterocycles. The highest BCUT2D eigenvalue weighted by Crippen LogP contribution is 2.35. The first kappa shape index (κ1) is 18.2. The minimum absolute atomic E-state index is 0.192. The van der Waals surface area contributed by atoms with Gasteiger partial charge < -0.3 is 9.26 Å². The molecule has 0 saturated heterocycles. The third kappa shape index (κ3) is 3.61. The lowest BCUT2D eigenvalue weighted by molar-refractivity contribution is 0.0949. The van der Waals surface area contributed by atoms with Gasteiger partial charge in [0.05, 0.1) is 23.5 Å². The van der Waals surface area contributed by atoms with Crippen LogP contribution >= 0.6 is 11.3 Å². The number of anilines is 1. The predicted molar refractivity (Wildman–Crippen MR) is 109 cm³/mol. The Balaban J connectivity index is 1.77. The first-order valence-electron chi connectivity index (χ1n) is 8.97. The molecule has 0 unspecified atom stereocenters. The predicted octanol–water partition coefficient (Wildman–Crippen LogP) is 4.84. The first-order chi connectivity index (χ1) is 13.7. The number of rotatable bonds is 6. The number of ether oxygens (including phenoxy) is 1. The molecule has 2 aromatic carbocycles. The molecule has 0 aliphatic rings. The maximum atomic E-state index is 13.2. The Morgan fingerprint density at radius 2 is 2.00 bits per heavy atom. The maximum absolute atomic E-state index is 13.2. The zero-order chi connectivity index (χ0) is 19.5. The normalized spacial score (nSPS) is 10.9. The van der Waals surface area contributed by atoms with E-state index >= 15 is 0 Å². The van der Waals surface area contributed by atoms with Crippen LogP contribution in [0.5, 0.6) is 5.75 Å². The summed E-state index contributed by atoms with van der Waals surface area (Å²) in [5.74, 6) is 0.629. The fraction of sp³-hybridized carbons (Fsp3) is 0.190. The number of amides is 1. The molecule has 0 bridgehead atoms. The van der Waals surface area contributed by atoms with Crippen LogP contribution in [0.4, 0.5) is 5.13 Å². The van der Waals surface area contributed by atoms with E-state index in [1.807, 2.05) is 55.5 Å². The van der Waals surface area contributed by atoms with Crippen LogP contribution in [0.15, 0.2) is 59.1 Å². The standard InChI is InChI=1S/C21H19N3O3S/c1-3-26-16-10-7-11-18-19(16)22-21(28-18)24(13-15-8-5-4-6-9-15)20(25)17-12-14(2)23-27-17/h4-12H,3,13H2,1-2H3. The number of aryl methyl sites for hydroxylation is 1. The molecule has 0 radical (unpaired) electrons. The molecular weight excluding hydrogens is 374 g/mol. The molecule has 4 rings (SSSR count). The zero-order valence-electron chi connectivity index (χ0n) is 15.6. The van der Waals surface area contributed by atoms with Crippen LogP contribution in [0.3, 0.4) is 0 Å². The lowest BCUT2D eigenvalue weighted by atomic mass is 10.2. The van der Waals surface area contributed by atoms with E-state index in [-0.39, 0.29) is 11.7 Å². The highest BCUT2D eigenvalue weighted by atomic mass is 32.1. The van der Waals surface area contributed by atoms with Crippen molar-refractivity contribution in [2.45, 2.75) is 20.4 Å². The van der Waals surface area contributed by atoms with E-state index in [9.17, 15) is 4.79 Å². The fourth-order valence-electron chi connectivity index (χ4n) is 2.89. The van der Waals surface area contributed by atoms with Crippen LogP contribution in [-0.2, 0) is 6.54 Å². The number of hydrogen-bond acceptors (Lipinski definition) is 6. The Morgan fingerprint density at radius 3 is 2.71 bits per heavy atom. The van der Waals surface area contributed by atoms with E-state index in [0.29, 0.717) is 29.7 Å². The summed E-state index contributed by atoms with van der Waals surface area (Å²) in [6.07, 6.45) is 0. The summed E-state index contributed by atoms with van der Waals surface area (Å²) in [4.78, 5) is 19.5. The smallest absolute Gasteiger partial charge is 0.298 e. The molecule has 28 heavy (non-hydrogen) atoms. The van der Waals surface area contributed by atoms with E-state index in [0.717, 1.165) is 15.8 Å². The number of carbonyl (C=O) groups is 1. The summed E-state index contributed by atoms with van der Waals surface area (Å²) in [5.41, 5.74) is 2.41. The number of hydrogen-bond donors (Lipinski definition) is 0. The maximum Gasteiger partial charge on any atom is 0.298 e. The van der Waals surface area contributed by atoms with Gasteiger partial charge in [-0.05, 0) is 31.5 Å². The van der Waals surface area contributed by atoms with Crippen LogP contribution in [0.1, 0.15) is 28.7 Å². The van der Waals surface area contributed by atoms with Crippen LogP contribution in [-0.4, -0.2) is 22.7 Å². The molecule has 6 nitrogen and oxygen atoms in total. The summed E-state index contributed by atoms with van der Waals surface area (Å²) in [6, 6.07) is 17.2. The van der Waals surface area contributed by atoms with Gasteiger partial charge in [-0.3, -0.25) is 9.69 Å². The summed E-state index contributed by atoms with van der Waals surface area (Å²) in [5, 5.41) is 4.43. The highest BCUT2D eigenvalue weighted by Gasteiger charge is 2.25. The minimum Gasteiger partial charge on any atom is -0.492 e. The third-order valence-electron chi connectivity index (χ3n) is 4.17. The monoisotopic (exact) mass is 393 g/mol. The number of fused-ring (bicyclic) bond motifs is 1. The fourth-order valence-corrected chi connectivity index (χ4v) is 3.87. The Morgan fingerprint density at radius 1 is 1.18 bits per heavy atom. The molecule has 0 fully saturated rings. The highest BCUT2D eigenvalue weighted by molar-refractivity contribution is 7.22. The molecule has 0 atom stereocenters. The van der Waals surface area contributed by atoms with Crippen LogP contribution < -0.4 is 9.64 Å². The number of para-hydroxylation sites is 1. The lowest BCUT2D eigenvalue weighted by Gasteiger charge is -2.18. The zero-order valence-corrected chi connectivity index (χ0v) is 16.4. The number of carbonyl (C=O) groups excluding carboxylic acids is 1. The average Bonchev–Trinajstić information content (AvgIpc) is 3.33. The number of thiazole rings is 1. The van der Waals surface area contributed by atoms with Gasteiger partial charge in [0.25, 0.3) is 5.91 Å². The SMILES string of the molecule is CCOc1cccc2sc(N(Cc3ccccc3)C(=O)c3cc(C)no3)nc12. The van der Waals surface area contributed by atoms with Gasteiger partial charge in [-0.25, -0.2) is 4.98 Å². The van der Waals surface area contributed by atoms with Crippen LogP contribution in [0.25, 0.3) is 10.2 Å². The minimum atomic E-state index is -0.276. The van der Waals surface area contributed by atoms with Crippen LogP contribution in [0.2, 0.25) is 0 Å². The largest absolute Gasteiger partial charge is 0.492 e. The molecule has 0 aliphatic heterocycles. The molecule has 0 saturated carbocycles. The molecule has 0 spiro atoms. The Kier molecular flexibility index (Phi) is 5.08. The van der Waals surface area contributed by atoms with E-state index < -0.39 is 0 Å². The van der Waals surface area contributed by atoms with Crippen molar-refractivity contribution >= 4 is 32.6 Å². The van der Waals surface area contributed by atoms with Crippen molar-refractivity contribution in [1.29, 1.82) is 0 Å². The summed E-state index contributed by atoms with van der Waals surface area (Å²) >= 11 is 1.45. The van der Waals surface area contributed by atoms with E-state index in [2.05, 4.69) is 5.16 Å². The topological polar surface area (TPSA) is 68.5 Å². The average molecular weight is 393 g/mol. The summed E-state index contributed by atoms with van der Waals surface area (Å²) in [6.45, 7) is 4.65. The summed E-state index contributed by atoms with van der Waals surface area (Å²) < 4.78 is 11.9. The number of benzene rings is 2. The molecular formula is C21H19N3O3S. The molecule has 2 aromatic heterocycles. The molecule has 0 N–H and O–H groups in total. The van der Waals surface area contributed by atoms with Crippen molar-refractivity contribution in [2.75, 3.05) is 11.5 Å². The quantitative estimate of drug-likeness (QED) is 0.469. The van der Waals surface area contributed by atoms with Gasteiger partial charge in [0, 0.05) is 6.07 Å². The van der Waals surface area contributed by atoms with Crippen molar-refractivity contribution < 1.29 is 14.1 Å². The van der Waals surface area contributed by atoms with Crippen molar-refractivity contribution in [2.24, 2.45) is 0 Å². The van der Waals surface area contributed by atoms with Crippen molar-refractivity contribution in [3.63, 3.8) is 0 Å². The van der Waals surface area contributed by atoms with Crippen molar-refractivity contribution in [3.8, 4) is 5.75 Å². The number of aromatic nitrogens is 2. The van der Waals surface area contributed by atoms with Crippen molar-refractivity contribution in [1.82, 2.24) is 10.1 Å². The first-order valence-corrected chi connectivity index (χ1v) is 9.79. The molecule has 0 aliphatic carbocycles. The van der Waals surface area contributed by atoms with Gasteiger partial charge in [0.15, 0.2) is 5.13 Å². The van der Waals surface area contributed by atoms with E-state index in [1.165, 1.54) is 11.3 Å². The van der Waals surface area contributed by atoms with Gasteiger partial charge in [-0.15, -0.1) is 0 Å². The van der Waals surface area contributed by atoms with E-state index in [4.69, 9.17) is 14.2 Å². The second-order valence-corrected chi connectivity index (χ2v) is 7.25. The lowest BCUT2D eigenvalue weighted by Crippen LogP contribution is -2.30. The van der Waals surface area contributed by atoms with E-state index in [1.54, 1.807) is 17.9 Å². The Hall–Kier alpha value is -3.19. The second-order valence-electron chi connectivity index (χ2n) is 6.24. The van der Waals surface area contributed by atoms with Gasteiger partial charge in [0.2, 0.25) is 5.76 Å². The third-order valence-corrected chi connectivity index (χ3v) is 5.21.